The summed E-state index contributed by atoms with van der Waals surface area (Å²) >= 11 is 0. The minimum atomic E-state index is -0.553. The normalized spacial score (nSPS) is 20.4. The highest BCUT2D eigenvalue weighted by Crippen LogP contribution is 2.34. The van der Waals surface area contributed by atoms with Crippen molar-refractivity contribution in [2.24, 2.45) is 11.3 Å². The second-order valence-electron chi connectivity index (χ2n) is 9.93. The molecule has 0 radical (unpaired) electrons. The van der Waals surface area contributed by atoms with Gasteiger partial charge < -0.3 is 19.7 Å². The molecule has 3 rings (SSSR count). The van der Waals surface area contributed by atoms with E-state index >= 15 is 0 Å². The van der Waals surface area contributed by atoms with E-state index in [-0.39, 0.29) is 23.9 Å². The molecule has 0 spiro atoms. The molecule has 7 nitrogen and oxygen atoms in total. The van der Waals surface area contributed by atoms with Gasteiger partial charge >= 0.3 is 12.1 Å². The Kier molecular flexibility index (Phi) is 6.62. The predicted molar refractivity (Wildman–Crippen MR) is 118 cm³/mol. The fourth-order valence-electron chi connectivity index (χ4n) is 4.22. The minimum Gasteiger partial charge on any atom is -0.469 e. The first-order valence-electron chi connectivity index (χ1n) is 11.0. The Bertz CT molecular complexity index is 850. The zero-order valence-corrected chi connectivity index (χ0v) is 19.2. The molecule has 170 valence electrons. The summed E-state index contributed by atoms with van der Waals surface area (Å²) in [7, 11) is 1.42. The smallest absolute Gasteiger partial charge is 0.410 e. The van der Waals surface area contributed by atoms with Gasteiger partial charge in [-0.2, -0.15) is 0 Å². The van der Waals surface area contributed by atoms with E-state index in [1.807, 2.05) is 45.9 Å². The van der Waals surface area contributed by atoms with Crippen LogP contribution in [0.4, 0.5) is 10.5 Å². The molecule has 1 aromatic rings. The van der Waals surface area contributed by atoms with Gasteiger partial charge in [0.1, 0.15) is 5.60 Å². The van der Waals surface area contributed by atoms with Gasteiger partial charge in [-0.15, -0.1) is 0 Å². The number of nitrogens with one attached hydrogen (secondary N) is 1. The summed E-state index contributed by atoms with van der Waals surface area (Å²) in [5, 5.41) is 3.05. The Hall–Kier alpha value is -2.57. The SMILES string of the molecule is COC(=O)C1CCc2ccc(NC(=O)C3(C)CCN(C(=O)OC(C)(C)C)CC3)cc2C1. The molecule has 1 aliphatic heterocycles. The molecule has 31 heavy (non-hydrogen) atoms. The number of esters is 1. The first kappa shape index (κ1) is 23.1. The Labute approximate surface area is 184 Å². The third kappa shape index (κ3) is 5.57. The lowest BCUT2D eigenvalue weighted by molar-refractivity contribution is -0.145. The van der Waals surface area contributed by atoms with Gasteiger partial charge in [-0.1, -0.05) is 13.0 Å². The number of nitrogens with zero attached hydrogens (tertiary/aromatic N) is 1. The van der Waals surface area contributed by atoms with Crippen LogP contribution in [-0.4, -0.2) is 48.7 Å². The van der Waals surface area contributed by atoms with Crippen LogP contribution in [-0.2, 0) is 31.9 Å². The molecular formula is C24H34N2O5. The summed E-state index contributed by atoms with van der Waals surface area (Å²) in [5.41, 5.74) is 1.96. The molecule has 2 amide bonds. The lowest BCUT2D eigenvalue weighted by atomic mass is 9.79. The maximum atomic E-state index is 13.1. The number of amides is 2. The van der Waals surface area contributed by atoms with Crippen molar-refractivity contribution in [2.45, 2.75) is 65.4 Å². The molecule has 0 bridgehead atoms. The topological polar surface area (TPSA) is 84.9 Å². The fraction of sp³-hybridized carbons (Fsp3) is 0.625. The Morgan fingerprint density at radius 1 is 1.13 bits per heavy atom. The summed E-state index contributed by atoms with van der Waals surface area (Å²) in [6, 6.07) is 5.93. The van der Waals surface area contributed by atoms with E-state index in [9.17, 15) is 14.4 Å². The maximum absolute atomic E-state index is 13.1. The van der Waals surface area contributed by atoms with Gasteiger partial charge in [-0.3, -0.25) is 9.59 Å². The van der Waals surface area contributed by atoms with E-state index in [1.54, 1.807) is 4.90 Å². The average molecular weight is 431 g/mol. The zero-order valence-electron chi connectivity index (χ0n) is 19.2. The monoisotopic (exact) mass is 430 g/mol. The summed E-state index contributed by atoms with van der Waals surface area (Å²) in [6.45, 7) is 8.46. The van der Waals surface area contributed by atoms with Crippen LogP contribution >= 0.6 is 0 Å². The third-order valence-corrected chi connectivity index (χ3v) is 6.29. The molecule has 0 aromatic heterocycles. The molecule has 1 saturated heterocycles. The molecule has 1 unspecified atom stereocenters. The highest BCUT2D eigenvalue weighted by atomic mass is 16.6. The number of methoxy groups -OCH3 is 1. The van der Waals surface area contributed by atoms with Crippen LogP contribution < -0.4 is 5.32 Å². The Morgan fingerprint density at radius 2 is 1.81 bits per heavy atom. The number of piperidine rings is 1. The molecule has 0 saturated carbocycles. The molecule has 1 heterocycles. The molecule has 2 aliphatic rings. The molecule has 1 N–H and O–H groups in total. The number of carbonyl (C=O) groups excluding carboxylic acids is 3. The van der Waals surface area contributed by atoms with E-state index in [2.05, 4.69) is 5.32 Å². The van der Waals surface area contributed by atoms with Gasteiger partial charge in [0.15, 0.2) is 0 Å². The van der Waals surface area contributed by atoms with Crippen molar-refractivity contribution >= 4 is 23.7 Å². The first-order chi connectivity index (χ1) is 14.5. The van der Waals surface area contributed by atoms with Crippen LogP contribution in [0.15, 0.2) is 18.2 Å². The van der Waals surface area contributed by atoms with E-state index in [4.69, 9.17) is 9.47 Å². The summed E-state index contributed by atoms with van der Waals surface area (Å²) in [4.78, 5) is 38.9. The van der Waals surface area contributed by atoms with Crippen molar-refractivity contribution in [3.05, 3.63) is 29.3 Å². The van der Waals surface area contributed by atoms with Crippen LogP contribution in [0.1, 0.15) is 58.1 Å². The quantitative estimate of drug-likeness (QED) is 0.734. The molecule has 1 fully saturated rings. The zero-order chi connectivity index (χ0) is 22.8. The van der Waals surface area contributed by atoms with Crippen molar-refractivity contribution in [3.63, 3.8) is 0 Å². The predicted octanol–water partition coefficient (Wildman–Crippen LogP) is 3.94. The lowest BCUT2D eigenvalue weighted by Gasteiger charge is -2.38. The minimum absolute atomic E-state index is 0.0448. The van der Waals surface area contributed by atoms with Gasteiger partial charge in [0, 0.05) is 18.8 Å². The van der Waals surface area contributed by atoms with Crippen molar-refractivity contribution in [1.82, 2.24) is 4.90 Å². The van der Waals surface area contributed by atoms with Gasteiger partial charge in [-0.25, -0.2) is 4.79 Å². The van der Waals surface area contributed by atoms with Crippen LogP contribution in [0.25, 0.3) is 0 Å². The number of hydrogen-bond donors (Lipinski definition) is 1. The standard InChI is InChI=1S/C24H34N2O5/c1-23(2,3)31-22(29)26-12-10-24(4,11-13-26)21(28)25-19-9-8-16-6-7-17(20(27)30-5)14-18(16)15-19/h8-9,15,17H,6-7,10-14H2,1-5H3,(H,25,28). The van der Waals surface area contributed by atoms with Gasteiger partial charge in [0.2, 0.25) is 5.91 Å². The van der Waals surface area contributed by atoms with Crippen molar-refractivity contribution in [2.75, 3.05) is 25.5 Å². The summed E-state index contributed by atoms with van der Waals surface area (Å²) in [5.74, 6) is -0.348. The van der Waals surface area contributed by atoms with Gasteiger partial charge in [-0.05, 0) is 76.1 Å². The molecule has 1 aliphatic carbocycles. The number of rotatable bonds is 3. The number of likely N-dealkylation sites (tertiary alicyclic amines) is 1. The average Bonchev–Trinajstić information content (AvgIpc) is 2.71. The van der Waals surface area contributed by atoms with E-state index in [0.29, 0.717) is 32.4 Å². The van der Waals surface area contributed by atoms with Crippen molar-refractivity contribution in [1.29, 1.82) is 0 Å². The molecule has 1 atom stereocenters. The van der Waals surface area contributed by atoms with E-state index in [0.717, 1.165) is 24.1 Å². The van der Waals surface area contributed by atoms with Crippen LogP contribution in [0, 0.1) is 11.3 Å². The highest BCUT2D eigenvalue weighted by molar-refractivity contribution is 5.95. The summed E-state index contributed by atoms with van der Waals surface area (Å²) < 4.78 is 10.3. The first-order valence-corrected chi connectivity index (χ1v) is 11.0. The van der Waals surface area contributed by atoms with Crippen LogP contribution in [0.5, 0.6) is 0 Å². The molecular weight excluding hydrogens is 396 g/mol. The van der Waals surface area contributed by atoms with Gasteiger partial charge in [0.25, 0.3) is 0 Å². The number of carbonyl (C=O) groups is 3. The second-order valence-corrected chi connectivity index (χ2v) is 9.93. The van der Waals surface area contributed by atoms with Gasteiger partial charge in [0.05, 0.1) is 18.4 Å². The molecule has 7 heteroatoms. The molecule has 1 aromatic carbocycles. The Balaban J connectivity index is 1.61. The largest absolute Gasteiger partial charge is 0.469 e. The number of hydrogen-bond acceptors (Lipinski definition) is 5. The summed E-state index contributed by atoms with van der Waals surface area (Å²) in [6.07, 6.45) is 3.08. The van der Waals surface area contributed by atoms with Crippen molar-refractivity contribution in [3.8, 4) is 0 Å². The third-order valence-electron chi connectivity index (χ3n) is 6.29. The van der Waals surface area contributed by atoms with Crippen LogP contribution in [0.2, 0.25) is 0 Å². The maximum Gasteiger partial charge on any atom is 0.410 e. The number of anilines is 1. The van der Waals surface area contributed by atoms with Crippen LogP contribution in [0.3, 0.4) is 0 Å². The van der Waals surface area contributed by atoms with Crippen molar-refractivity contribution < 1.29 is 23.9 Å². The van der Waals surface area contributed by atoms with E-state index in [1.165, 1.54) is 12.7 Å². The fourth-order valence-corrected chi connectivity index (χ4v) is 4.22. The number of aryl methyl sites for hydroxylation is 1. The lowest BCUT2D eigenvalue weighted by Crippen LogP contribution is -2.48. The number of benzene rings is 1. The second kappa shape index (κ2) is 8.89. The highest BCUT2D eigenvalue weighted by Gasteiger charge is 2.39. The number of ether oxygens (including phenoxy) is 2. The van der Waals surface area contributed by atoms with E-state index < -0.39 is 11.0 Å². The Morgan fingerprint density at radius 3 is 2.42 bits per heavy atom. The number of fused-ring (bicyclic) bond motifs is 1.